The van der Waals surface area contributed by atoms with Gasteiger partial charge in [0.1, 0.15) is 6.04 Å². The van der Waals surface area contributed by atoms with Crippen LogP contribution < -0.4 is 10.6 Å². The van der Waals surface area contributed by atoms with Crippen molar-refractivity contribution >= 4 is 49.5 Å². The second-order valence-corrected chi connectivity index (χ2v) is 5.40. The lowest BCUT2D eigenvalue weighted by molar-refractivity contribution is -0.139. The maximum absolute atomic E-state index is 11.7. The van der Waals surface area contributed by atoms with E-state index < -0.39 is 18.0 Å². The van der Waals surface area contributed by atoms with E-state index >= 15 is 0 Å². The number of aliphatic carboxylic acids is 1. The van der Waals surface area contributed by atoms with Gasteiger partial charge in [0, 0.05) is 22.0 Å². The predicted octanol–water partition coefficient (Wildman–Crippen LogP) is 2.17. The van der Waals surface area contributed by atoms with Gasteiger partial charge in [0.05, 0.1) is 5.69 Å². The van der Waals surface area contributed by atoms with Crippen molar-refractivity contribution in [2.24, 2.45) is 0 Å². The van der Waals surface area contributed by atoms with Gasteiger partial charge in [-0.25, -0.2) is 9.59 Å². The second-order valence-electron chi connectivity index (χ2n) is 3.63. The molecule has 2 amide bonds. The zero-order valence-electron chi connectivity index (χ0n) is 9.69. The van der Waals surface area contributed by atoms with Gasteiger partial charge in [-0.15, -0.1) is 0 Å². The van der Waals surface area contributed by atoms with Crippen LogP contribution in [-0.4, -0.2) is 34.9 Å². The first kappa shape index (κ1) is 15.9. The van der Waals surface area contributed by atoms with Crippen molar-refractivity contribution in [1.29, 1.82) is 0 Å². The second kappa shape index (κ2) is 7.46. The van der Waals surface area contributed by atoms with E-state index in [-0.39, 0.29) is 13.0 Å². The van der Waals surface area contributed by atoms with Crippen LogP contribution in [0.2, 0.25) is 0 Å². The Morgan fingerprint density at radius 1 is 1.32 bits per heavy atom. The van der Waals surface area contributed by atoms with E-state index in [2.05, 4.69) is 42.5 Å². The Morgan fingerprint density at radius 3 is 2.58 bits per heavy atom. The molecule has 1 aromatic carbocycles. The van der Waals surface area contributed by atoms with Crippen molar-refractivity contribution in [1.82, 2.24) is 5.32 Å². The summed E-state index contributed by atoms with van der Waals surface area (Å²) in [7, 11) is 0. The highest BCUT2D eigenvalue weighted by Crippen LogP contribution is 2.25. The molecular formula is C11H12Br2N2O4. The summed E-state index contributed by atoms with van der Waals surface area (Å²) in [5, 5.41) is 22.4. The number of aliphatic hydroxyl groups is 1. The molecule has 4 N–H and O–H groups in total. The Bertz CT molecular complexity index is 482. The molecule has 0 saturated heterocycles. The molecule has 6 nitrogen and oxygen atoms in total. The summed E-state index contributed by atoms with van der Waals surface area (Å²) < 4.78 is 1.44. The molecule has 104 valence electrons. The quantitative estimate of drug-likeness (QED) is 0.613. The van der Waals surface area contributed by atoms with Gasteiger partial charge in [-0.2, -0.15) is 0 Å². The molecule has 8 heteroatoms. The number of carboxylic acids is 1. The lowest BCUT2D eigenvalue weighted by Crippen LogP contribution is -2.43. The molecule has 0 bridgehead atoms. The maximum Gasteiger partial charge on any atom is 0.326 e. The molecule has 1 aromatic rings. The fourth-order valence-corrected chi connectivity index (χ4v) is 2.00. The molecule has 0 aromatic heterocycles. The first-order chi connectivity index (χ1) is 8.93. The Labute approximate surface area is 126 Å². The molecule has 0 aliphatic carbocycles. The average Bonchev–Trinajstić information content (AvgIpc) is 2.33. The van der Waals surface area contributed by atoms with Crippen molar-refractivity contribution in [3.05, 3.63) is 27.1 Å². The van der Waals surface area contributed by atoms with Gasteiger partial charge in [0.25, 0.3) is 0 Å². The summed E-state index contributed by atoms with van der Waals surface area (Å²) in [6.07, 6.45) is -0.0532. The number of benzene rings is 1. The number of amides is 2. The highest BCUT2D eigenvalue weighted by atomic mass is 79.9. The Balaban J connectivity index is 2.68. The lowest BCUT2D eigenvalue weighted by atomic mass is 10.2. The highest BCUT2D eigenvalue weighted by molar-refractivity contribution is 9.11. The van der Waals surface area contributed by atoms with Crippen molar-refractivity contribution in [2.75, 3.05) is 11.9 Å². The van der Waals surface area contributed by atoms with Gasteiger partial charge < -0.3 is 20.8 Å². The van der Waals surface area contributed by atoms with Crippen LogP contribution >= 0.6 is 31.9 Å². The Hall–Kier alpha value is -1.12. The fraction of sp³-hybridized carbons (Fsp3) is 0.273. The molecule has 0 aliphatic heterocycles. The number of aliphatic hydroxyl groups excluding tert-OH is 1. The first-order valence-corrected chi connectivity index (χ1v) is 6.89. The molecule has 1 rings (SSSR count). The van der Waals surface area contributed by atoms with Gasteiger partial charge in [-0.05, 0) is 34.1 Å². The van der Waals surface area contributed by atoms with Crippen LogP contribution in [0.4, 0.5) is 10.5 Å². The summed E-state index contributed by atoms with van der Waals surface area (Å²) in [6.45, 7) is -0.322. The van der Waals surface area contributed by atoms with Gasteiger partial charge in [-0.3, -0.25) is 0 Å². The third-order valence-corrected chi connectivity index (χ3v) is 3.38. The summed E-state index contributed by atoms with van der Waals surface area (Å²) >= 11 is 6.53. The molecule has 1 atom stereocenters. The zero-order chi connectivity index (χ0) is 14.4. The molecule has 0 spiro atoms. The number of urea groups is 1. The minimum Gasteiger partial charge on any atom is -0.480 e. The maximum atomic E-state index is 11.7. The normalized spacial score (nSPS) is 11.7. The van der Waals surface area contributed by atoms with Crippen LogP contribution in [0.25, 0.3) is 0 Å². The smallest absolute Gasteiger partial charge is 0.326 e. The van der Waals surface area contributed by atoms with Crippen LogP contribution in [0.3, 0.4) is 0 Å². The van der Waals surface area contributed by atoms with Gasteiger partial charge in [0.2, 0.25) is 0 Å². The van der Waals surface area contributed by atoms with Gasteiger partial charge in [-0.1, -0.05) is 15.9 Å². The molecule has 0 fully saturated rings. The number of nitrogens with one attached hydrogen (secondary N) is 2. The van der Waals surface area contributed by atoms with E-state index in [4.69, 9.17) is 10.2 Å². The van der Waals surface area contributed by atoms with E-state index in [9.17, 15) is 9.59 Å². The van der Waals surface area contributed by atoms with E-state index in [0.29, 0.717) is 10.2 Å². The third kappa shape index (κ3) is 5.17. The van der Waals surface area contributed by atoms with Crippen LogP contribution in [-0.2, 0) is 4.79 Å². The largest absolute Gasteiger partial charge is 0.480 e. The van der Waals surface area contributed by atoms with Gasteiger partial charge >= 0.3 is 12.0 Å². The number of hydrogen-bond acceptors (Lipinski definition) is 3. The lowest BCUT2D eigenvalue weighted by Gasteiger charge is -2.14. The Morgan fingerprint density at radius 2 is 2.00 bits per heavy atom. The number of anilines is 1. The minimum absolute atomic E-state index is 0.0532. The number of hydrogen-bond donors (Lipinski definition) is 4. The first-order valence-electron chi connectivity index (χ1n) is 5.30. The number of carboxylic acid groups (broad SMARTS) is 1. The van der Waals surface area contributed by atoms with Crippen molar-refractivity contribution in [3.63, 3.8) is 0 Å². The average molecular weight is 396 g/mol. The molecule has 0 heterocycles. The molecule has 0 saturated carbocycles. The molecule has 0 unspecified atom stereocenters. The molecule has 0 aliphatic rings. The van der Waals surface area contributed by atoms with E-state index in [1.807, 2.05) is 0 Å². The summed E-state index contributed by atoms with van der Waals surface area (Å²) in [4.78, 5) is 22.5. The van der Waals surface area contributed by atoms with Crippen LogP contribution in [0, 0.1) is 0 Å². The fourth-order valence-electron chi connectivity index (χ4n) is 1.30. The van der Waals surface area contributed by atoms with E-state index in [0.717, 1.165) is 4.47 Å². The van der Waals surface area contributed by atoms with E-state index in [1.165, 1.54) is 0 Å². The number of carbonyl (C=O) groups excluding carboxylic acids is 1. The number of rotatable bonds is 5. The molecule has 19 heavy (non-hydrogen) atoms. The van der Waals surface area contributed by atoms with Crippen molar-refractivity contribution < 1.29 is 19.8 Å². The third-order valence-electron chi connectivity index (χ3n) is 2.20. The van der Waals surface area contributed by atoms with Crippen LogP contribution in [0.15, 0.2) is 27.1 Å². The minimum atomic E-state index is -1.20. The topological polar surface area (TPSA) is 98.7 Å². The zero-order valence-corrected chi connectivity index (χ0v) is 12.9. The van der Waals surface area contributed by atoms with Crippen LogP contribution in [0.1, 0.15) is 6.42 Å². The standard InChI is InChI=1S/C11H12Br2N2O4/c12-6-1-2-7(13)9(5-6)15-11(19)14-8(3-4-16)10(17)18/h1-2,5,8,16H,3-4H2,(H,17,18)(H2,14,15,19)/t8-/m0/s1. The molecular weight excluding hydrogens is 384 g/mol. The summed E-state index contributed by atoms with van der Waals surface area (Å²) in [5.41, 5.74) is 0.500. The SMILES string of the molecule is O=C(Nc1cc(Br)ccc1Br)N[C@@H](CCO)C(=O)O. The molecule has 0 radical (unpaired) electrons. The summed E-state index contributed by atoms with van der Waals surface area (Å²) in [5.74, 6) is -1.20. The number of halogens is 2. The van der Waals surface area contributed by atoms with E-state index in [1.54, 1.807) is 18.2 Å². The monoisotopic (exact) mass is 394 g/mol. The van der Waals surface area contributed by atoms with Gasteiger partial charge in [0.15, 0.2) is 0 Å². The van der Waals surface area contributed by atoms with Crippen LogP contribution in [0.5, 0.6) is 0 Å². The Kier molecular flexibility index (Phi) is 6.26. The van der Waals surface area contributed by atoms with Crippen molar-refractivity contribution in [3.8, 4) is 0 Å². The summed E-state index contributed by atoms with van der Waals surface area (Å²) in [6, 6.07) is 3.42. The van der Waals surface area contributed by atoms with Crippen molar-refractivity contribution in [2.45, 2.75) is 12.5 Å². The highest BCUT2D eigenvalue weighted by Gasteiger charge is 2.19. The number of carbonyl (C=O) groups is 2. The predicted molar refractivity (Wildman–Crippen MR) is 77.1 cm³/mol.